The minimum atomic E-state index is -0.555. The van der Waals surface area contributed by atoms with Gasteiger partial charge in [0.25, 0.3) is 0 Å². The molecule has 1 aromatic heterocycles. The Morgan fingerprint density at radius 3 is 3.05 bits per heavy atom. The van der Waals surface area contributed by atoms with Crippen molar-refractivity contribution in [2.45, 2.75) is 19.6 Å². The number of urea groups is 1. The number of thiazole rings is 1. The predicted octanol–water partition coefficient (Wildman–Crippen LogP) is 2.52. The van der Waals surface area contributed by atoms with Gasteiger partial charge in [0.05, 0.1) is 12.6 Å². The molecule has 0 fully saturated rings. The minimum absolute atomic E-state index is 0.294. The number of benzene rings is 1. The van der Waals surface area contributed by atoms with Gasteiger partial charge < -0.3 is 15.7 Å². The van der Waals surface area contributed by atoms with E-state index in [0.717, 1.165) is 10.6 Å². The van der Waals surface area contributed by atoms with Crippen LogP contribution in [0.5, 0.6) is 0 Å². The third-order valence-corrected chi connectivity index (χ3v) is 3.29. The molecule has 19 heavy (non-hydrogen) atoms. The van der Waals surface area contributed by atoms with Crippen LogP contribution in [0.25, 0.3) is 0 Å². The van der Waals surface area contributed by atoms with Gasteiger partial charge in [-0.2, -0.15) is 0 Å². The molecule has 0 aliphatic rings. The normalized spacial score (nSPS) is 11.9. The summed E-state index contributed by atoms with van der Waals surface area (Å²) in [6, 6.07) is 6.82. The fourth-order valence-corrected chi connectivity index (χ4v) is 2.10. The molecular weight excluding hydrogens is 262 g/mol. The summed E-state index contributed by atoms with van der Waals surface area (Å²) in [5.41, 5.74) is 1.41. The van der Waals surface area contributed by atoms with E-state index in [1.54, 1.807) is 31.3 Å². The standard InChI is InChI=1S/C13H15N3O2S/c1-9(17)10-3-2-4-11(7-10)16-13(18)15-8-12-14-5-6-19-12/h2-7,9,17H,8H2,1H3,(H2,15,16,18). The van der Waals surface area contributed by atoms with E-state index in [2.05, 4.69) is 15.6 Å². The van der Waals surface area contributed by atoms with Gasteiger partial charge in [-0.25, -0.2) is 9.78 Å². The number of hydrogen-bond acceptors (Lipinski definition) is 4. The number of anilines is 1. The molecule has 1 atom stereocenters. The zero-order valence-electron chi connectivity index (χ0n) is 10.5. The number of nitrogens with zero attached hydrogens (tertiary/aromatic N) is 1. The zero-order chi connectivity index (χ0) is 13.7. The molecule has 0 saturated heterocycles. The molecule has 0 aliphatic heterocycles. The Balaban J connectivity index is 1.89. The third kappa shape index (κ3) is 4.04. The SMILES string of the molecule is CC(O)c1cccc(NC(=O)NCc2nccs2)c1. The van der Waals surface area contributed by atoms with Crippen LogP contribution in [0.2, 0.25) is 0 Å². The highest BCUT2D eigenvalue weighted by Crippen LogP contribution is 2.16. The summed E-state index contributed by atoms with van der Waals surface area (Å²) in [7, 11) is 0. The molecule has 2 amide bonds. The van der Waals surface area contributed by atoms with E-state index in [1.807, 2.05) is 11.4 Å². The molecule has 0 aliphatic carbocycles. The number of aliphatic hydroxyl groups is 1. The number of carbonyl (C=O) groups excluding carboxylic acids is 1. The van der Waals surface area contributed by atoms with Crippen molar-refractivity contribution in [2.24, 2.45) is 0 Å². The summed E-state index contributed by atoms with van der Waals surface area (Å²) in [6.45, 7) is 2.08. The number of hydrogen-bond donors (Lipinski definition) is 3. The lowest BCUT2D eigenvalue weighted by molar-refractivity contribution is 0.199. The number of rotatable bonds is 4. The van der Waals surface area contributed by atoms with E-state index < -0.39 is 6.10 Å². The van der Waals surface area contributed by atoms with E-state index >= 15 is 0 Å². The van der Waals surface area contributed by atoms with E-state index in [-0.39, 0.29) is 6.03 Å². The van der Waals surface area contributed by atoms with Gasteiger partial charge in [-0.05, 0) is 24.6 Å². The Morgan fingerprint density at radius 2 is 2.37 bits per heavy atom. The van der Waals surface area contributed by atoms with Gasteiger partial charge in [-0.1, -0.05) is 12.1 Å². The average molecular weight is 277 g/mol. The van der Waals surface area contributed by atoms with Gasteiger partial charge in [0.15, 0.2) is 0 Å². The molecular formula is C13H15N3O2S. The first kappa shape index (κ1) is 13.5. The maximum absolute atomic E-state index is 11.7. The van der Waals surface area contributed by atoms with E-state index in [9.17, 15) is 9.90 Å². The summed E-state index contributed by atoms with van der Waals surface area (Å²) in [6.07, 6.45) is 1.14. The summed E-state index contributed by atoms with van der Waals surface area (Å²) in [5, 5.41) is 17.6. The van der Waals surface area contributed by atoms with Crippen molar-refractivity contribution in [3.05, 3.63) is 46.4 Å². The second kappa shape index (κ2) is 6.31. The quantitative estimate of drug-likeness (QED) is 0.804. The molecule has 2 aromatic rings. The first-order chi connectivity index (χ1) is 9.15. The Hall–Kier alpha value is -1.92. The van der Waals surface area contributed by atoms with Gasteiger partial charge >= 0.3 is 6.03 Å². The molecule has 0 saturated carbocycles. The molecule has 2 rings (SSSR count). The lowest BCUT2D eigenvalue weighted by atomic mass is 10.1. The van der Waals surface area contributed by atoms with Crippen LogP contribution in [-0.4, -0.2) is 16.1 Å². The maximum atomic E-state index is 11.7. The van der Waals surface area contributed by atoms with Gasteiger partial charge in [0, 0.05) is 17.3 Å². The molecule has 1 aromatic carbocycles. The fourth-order valence-electron chi connectivity index (χ4n) is 1.55. The summed E-state index contributed by atoms with van der Waals surface area (Å²) < 4.78 is 0. The van der Waals surface area contributed by atoms with E-state index in [0.29, 0.717) is 12.2 Å². The maximum Gasteiger partial charge on any atom is 0.319 e. The third-order valence-electron chi connectivity index (χ3n) is 2.51. The van der Waals surface area contributed by atoms with Gasteiger partial charge in [0.2, 0.25) is 0 Å². The van der Waals surface area contributed by atoms with E-state index in [1.165, 1.54) is 11.3 Å². The first-order valence-corrected chi connectivity index (χ1v) is 6.74. The predicted molar refractivity (Wildman–Crippen MR) is 75.0 cm³/mol. The topological polar surface area (TPSA) is 74.2 Å². The number of aromatic nitrogens is 1. The molecule has 0 radical (unpaired) electrons. The van der Waals surface area contributed by atoms with Crippen LogP contribution in [0.3, 0.4) is 0 Å². The van der Waals surface area contributed by atoms with Crippen molar-refractivity contribution in [3.8, 4) is 0 Å². The number of carbonyl (C=O) groups is 1. The van der Waals surface area contributed by atoms with Crippen molar-refractivity contribution < 1.29 is 9.90 Å². The summed E-state index contributed by atoms with van der Waals surface area (Å²) in [5.74, 6) is 0. The van der Waals surface area contributed by atoms with Crippen LogP contribution in [0.4, 0.5) is 10.5 Å². The summed E-state index contributed by atoms with van der Waals surface area (Å²) >= 11 is 1.49. The second-order valence-corrected chi connectivity index (χ2v) is 5.01. The van der Waals surface area contributed by atoms with Crippen LogP contribution in [-0.2, 0) is 6.54 Å². The largest absolute Gasteiger partial charge is 0.389 e. The van der Waals surface area contributed by atoms with E-state index in [4.69, 9.17) is 0 Å². The van der Waals surface area contributed by atoms with Crippen LogP contribution in [0, 0.1) is 0 Å². The number of nitrogens with one attached hydrogen (secondary N) is 2. The lowest BCUT2D eigenvalue weighted by Crippen LogP contribution is -2.28. The van der Waals surface area contributed by atoms with Crippen LogP contribution < -0.4 is 10.6 Å². The number of aliphatic hydroxyl groups excluding tert-OH is 1. The monoisotopic (exact) mass is 277 g/mol. The van der Waals surface area contributed by atoms with Crippen molar-refractivity contribution >= 4 is 23.1 Å². The van der Waals surface area contributed by atoms with Crippen LogP contribution in [0.15, 0.2) is 35.8 Å². The Morgan fingerprint density at radius 1 is 1.53 bits per heavy atom. The highest BCUT2D eigenvalue weighted by Gasteiger charge is 2.05. The Kier molecular flexibility index (Phi) is 4.48. The van der Waals surface area contributed by atoms with Crippen LogP contribution >= 0.6 is 11.3 Å². The zero-order valence-corrected chi connectivity index (χ0v) is 11.3. The van der Waals surface area contributed by atoms with Gasteiger partial charge in [-0.3, -0.25) is 0 Å². The highest BCUT2D eigenvalue weighted by atomic mass is 32.1. The Labute approximate surface area is 115 Å². The smallest absolute Gasteiger partial charge is 0.319 e. The molecule has 100 valence electrons. The molecule has 3 N–H and O–H groups in total. The van der Waals surface area contributed by atoms with Crippen molar-refractivity contribution in [1.29, 1.82) is 0 Å². The fraction of sp³-hybridized carbons (Fsp3) is 0.231. The molecule has 0 spiro atoms. The van der Waals surface area contributed by atoms with Crippen molar-refractivity contribution in [3.63, 3.8) is 0 Å². The Bertz CT molecular complexity index is 541. The van der Waals surface area contributed by atoms with Gasteiger partial charge in [0.1, 0.15) is 5.01 Å². The van der Waals surface area contributed by atoms with Crippen LogP contribution in [0.1, 0.15) is 23.6 Å². The highest BCUT2D eigenvalue weighted by molar-refractivity contribution is 7.09. The van der Waals surface area contributed by atoms with Crippen molar-refractivity contribution in [2.75, 3.05) is 5.32 Å². The van der Waals surface area contributed by atoms with Crippen molar-refractivity contribution in [1.82, 2.24) is 10.3 Å². The first-order valence-electron chi connectivity index (χ1n) is 5.86. The lowest BCUT2D eigenvalue weighted by Gasteiger charge is -2.09. The minimum Gasteiger partial charge on any atom is -0.389 e. The molecule has 5 nitrogen and oxygen atoms in total. The molecule has 6 heteroatoms. The number of amides is 2. The molecule has 1 heterocycles. The molecule has 1 unspecified atom stereocenters. The second-order valence-electron chi connectivity index (χ2n) is 4.03. The van der Waals surface area contributed by atoms with Gasteiger partial charge in [-0.15, -0.1) is 11.3 Å². The molecule has 0 bridgehead atoms. The summed E-state index contributed by atoms with van der Waals surface area (Å²) in [4.78, 5) is 15.8. The average Bonchev–Trinajstić information content (AvgIpc) is 2.90.